The van der Waals surface area contributed by atoms with Crippen molar-refractivity contribution >= 4 is 6.47 Å². The fourth-order valence-corrected chi connectivity index (χ4v) is 1.40. The van der Waals surface area contributed by atoms with Crippen LogP contribution in [0.3, 0.4) is 0 Å². The lowest BCUT2D eigenvalue weighted by atomic mass is 9.98. The Morgan fingerprint density at radius 3 is 2.64 bits per heavy atom. The molecule has 0 aromatic carbocycles. The van der Waals surface area contributed by atoms with Crippen molar-refractivity contribution < 1.29 is 14.3 Å². The van der Waals surface area contributed by atoms with Gasteiger partial charge in [-0.2, -0.15) is 0 Å². The van der Waals surface area contributed by atoms with Crippen LogP contribution < -0.4 is 0 Å². The van der Waals surface area contributed by atoms with Gasteiger partial charge in [0, 0.05) is 0 Å². The Morgan fingerprint density at radius 1 is 1.27 bits per heavy atom. The lowest BCUT2D eigenvalue weighted by Gasteiger charge is -2.20. The summed E-state index contributed by atoms with van der Waals surface area (Å²) in [4.78, 5) is 9.74. The molecule has 0 radical (unpaired) electrons. The standard InChI is InChI=1S/C8H14O3/c9-6-10-7-11-8-4-2-1-3-5-8/h6,8H,1-5,7H2. The van der Waals surface area contributed by atoms with Crippen LogP contribution in [0.15, 0.2) is 0 Å². The average molecular weight is 158 g/mol. The van der Waals surface area contributed by atoms with Crippen LogP contribution in [0, 0.1) is 0 Å². The molecule has 1 saturated carbocycles. The summed E-state index contributed by atoms with van der Waals surface area (Å²) in [5.41, 5.74) is 0. The molecule has 0 aromatic heterocycles. The molecule has 1 aliphatic carbocycles. The van der Waals surface area contributed by atoms with E-state index in [-0.39, 0.29) is 6.79 Å². The molecule has 0 aromatic rings. The van der Waals surface area contributed by atoms with Gasteiger partial charge in [0.25, 0.3) is 6.47 Å². The molecule has 0 atom stereocenters. The summed E-state index contributed by atoms with van der Waals surface area (Å²) < 4.78 is 9.70. The predicted molar refractivity (Wildman–Crippen MR) is 40.0 cm³/mol. The van der Waals surface area contributed by atoms with Gasteiger partial charge in [-0.25, -0.2) is 0 Å². The monoisotopic (exact) mass is 158 g/mol. The summed E-state index contributed by atoms with van der Waals surface area (Å²) in [6.07, 6.45) is 6.35. The number of rotatable bonds is 4. The fraction of sp³-hybridized carbons (Fsp3) is 0.875. The average Bonchev–Trinajstić information content (AvgIpc) is 2.07. The summed E-state index contributed by atoms with van der Waals surface area (Å²) in [5, 5.41) is 0. The van der Waals surface area contributed by atoms with Gasteiger partial charge >= 0.3 is 0 Å². The first-order valence-corrected chi connectivity index (χ1v) is 4.10. The topological polar surface area (TPSA) is 35.5 Å². The maximum atomic E-state index is 9.74. The van der Waals surface area contributed by atoms with Crippen LogP contribution in [0.2, 0.25) is 0 Å². The molecule has 11 heavy (non-hydrogen) atoms. The SMILES string of the molecule is O=COCOC1CCCCC1. The second-order valence-corrected chi connectivity index (χ2v) is 2.81. The van der Waals surface area contributed by atoms with Gasteiger partial charge in [0.2, 0.25) is 0 Å². The molecule has 0 aliphatic heterocycles. The van der Waals surface area contributed by atoms with E-state index in [1.807, 2.05) is 0 Å². The van der Waals surface area contributed by atoms with Gasteiger partial charge in [-0.05, 0) is 12.8 Å². The number of carbonyl (C=O) groups excluding carboxylic acids is 1. The molecule has 64 valence electrons. The van der Waals surface area contributed by atoms with Gasteiger partial charge in [0.1, 0.15) is 0 Å². The maximum Gasteiger partial charge on any atom is 0.295 e. The van der Waals surface area contributed by atoms with E-state index in [1.54, 1.807) is 0 Å². The Balaban J connectivity index is 2.00. The third kappa shape index (κ3) is 3.37. The zero-order chi connectivity index (χ0) is 7.94. The molecule has 1 aliphatic rings. The molecule has 1 rings (SSSR count). The minimum absolute atomic E-state index is 0.119. The maximum absolute atomic E-state index is 9.74. The Labute approximate surface area is 66.7 Å². The predicted octanol–water partition coefficient (Wildman–Crippen LogP) is 1.47. The van der Waals surface area contributed by atoms with E-state index in [0.717, 1.165) is 12.8 Å². The zero-order valence-electron chi connectivity index (χ0n) is 6.62. The first kappa shape index (κ1) is 8.53. The van der Waals surface area contributed by atoms with Crippen LogP contribution in [0.1, 0.15) is 32.1 Å². The van der Waals surface area contributed by atoms with Crippen LogP contribution in [0.25, 0.3) is 0 Å². The summed E-state index contributed by atoms with van der Waals surface area (Å²) >= 11 is 0. The lowest BCUT2D eigenvalue weighted by Crippen LogP contribution is -2.17. The van der Waals surface area contributed by atoms with Crippen LogP contribution >= 0.6 is 0 Å². The van der Waals surface area contributed by atoms with Crippen molar-refractivity contribution in [1.29, 1.82) is 0 Å². The summed E-state index contributed by atoms with van der Waals surface area (Å²) in [5.74, 6) is 0. The van der Waals surface area contributed by atoms with Crippen molar-refractivity contribution in [2.24, 2.45) is 0 Å². The molecule has 0 N–H and O–H groups in total. The summed E-state index contributed by atoms with van der Waals surface area (Å²) in [6, 6.07) is 0. The first-order valence-electron chi connectivity index (χ1n) is 4.10. The van der Waals surface area contributed by atoms with E-state index in [0.29, 0.717) is 12.6 Å². The minimum Gasteiger partial charge on any atom is -0.441 e. The lowest BCUT2D eigenvalue weighted by molar-refractivity contribution is -0.147. The number of hydrogen-bond donors (Lipinski definition) is 0. The van der Waals surface area contributed by atoms with Crippen molar-refractivity contribution in [2.45, 2.75) is 38.2 Å². The highest BCUT2D eigenvalue weighted by Gasteiger charge is 2.12. The van der Waals surface area contributed by atoms with Gasteiger partial charge in [0.05, 0.1) is 6.10 Å². The minimum atomic E-state index is 0.119. The van der Waals surface area contributed by atoms with E-state index >= 15 is 0 Å². The van der Waals surface area contributed by atoms with E-state index in [9.17, 15) is 4.79 Å². The van der Waals surface area contributed by atoms with E-state index in [4.69, 9.17) is 4.74 Å². The number of ether oxygens (including phenoxy) is 2. The highest BCUT2D eigenvalue weighted by atomic mass is 16.7. The van der Waals surface area contributed by atoms with E-state index < -0.39 is 0 Å². The Bertz CT molecular complexity index is 108. The fourth-order valence-electron chi connectivity index (χ4n) is 1.40. The largest absolute Gasteiger partial charge is 0.441 e. The molecule has 0 unspecified atom stereocenters. The van der Waals surface area contributed by atoms with Gasteiger partial charge in [0.15, 0.2) is 6.79 Å². The highest BCUT2D eigenvalue weighted by molar-refractivity contribution is 5.36. The molecular formula is C8H14O3. The van der Waals surface area contributed by atoms with Crippen molar-refractivity contribution in [3.8, 4) is 0 Å². The smallest absolute Gasteiger partial charge is 0.295 e. The summed E-state index contributed by atoms with van der Waals surface area (Å²) in [6.45, 7) is 0.539. The molecule has 0 heterocycles. The number of hydrogen-bond acceptors (Lipinski definition) is 3. The Morgan fingerprint density at radius 2 is 2.00 bits per heavy atom. The molecular weight excluding hydrogens is 144 g/mol. The molecule has 0 amide bonds. The molecule has 3 heteroatoms. The molecule has 0 spiro atoms. The van der Waals surface area contributed by atoms with Gasteiger partial charge in [-0.1, -0.05) is 19.3 Å². The van der Waals surface area contributed by atoms with Crippen molar-refractivity contribution in [3.63, 3.8) is 0 Å². The van der Waals surface area contributed by atoms with Crippen LogP contribution in [-0.2, 0) is 14.3 Å². The quantitative estimate of drug-likeness (QED) is 0.353. The van der Waals surface area contributed by atoms with Gasteiger partial charge < -0.3 is 9.47 Å². The first-order chi connectivity index (χ1) is 5.43. The highest BCUT2D eigenvalue weighted by Crippen LogP contribution is 2.19. The Hall–Kier alpha value is -0.570. The number of carbonyl (C=O) groups is 1. The second kappa shape index (κ2) is 5.13. The van der Waals surface area contributed by atoms with Crippen molar-refractivity contribution in [3.05, 3.63) is 0 Å². The molecule has 0 bridgehead atoms. The molecule has 1 fully saturated rings. The van der Waals surface area contributed by atoms with Gasteiger partial charge in [-0.3, -0.25) is 4.79 Å². The normalized spacial score (nSPS) is 19.6. The summed E-state index contributed by atoms with van der Waals surface area (Å²) in [7, 11) is 0. The van der Waals surface area contributed by atoms with Crippen LogP contribution in [0.5, 0.6) is 0 Å². The van der Waals surface area contributed by atoms with E-state index in [1.165, 1.54) is 19.3 Å². The third-order valence-corrected chi connectivity index (χ3v) is 1.99. The Kier molecular flexibility index (Phi) is 3.98. The van der Waals surface area contributed by atoms with Crippen LogP contribution in [-0.4, -0.2) is 19.4 Å². The van der Waals surface area contributed by atoms with Crippen molar-refractivity contribution in [1.82, 2.24) is 0 Å². The van der Waals surface area contributed by atoms with E-state index in [2.05, 4.69) is 4.74 Å². The molecule has 3 nitrogen and oxygen atoms in total. The molecule has 0 saturated heterocycles. The van der Waals surface area contributed by atoms with Crippen LogP contribution in [0.4, 0.5) is 0 Å². The van der Waals surface area contributed by atoms with Crippen molar-refractivity contribution in [2.75, 3.05) is 6.79 Å². The second-order valence-electron chi connectivity index (χ2n) is 2.81. The van der Waals surface area contributed by atoms with Gasteiger partial charge in [-0.15, -0.1) is 0 Å². The zero-order valence-corrected chi connectivity index (χ0v) is 6.62. The third-order valence-electron chi connectivity index (χ3n) is 1.99.